The molecule has 1 fully saturated rings. The van der Waals surface area contributed by atoms with Gasteiger partial charge in [-0.1, -0.05) is 48.5 Å². The molecule has 0 aromatic heterocycles. The molecule has 1 aliphatic carbocycles. The predicted octanol–water partition coefficient (Wildman–Crippen LogP) is 1.57. The van der Waals surface area contributed by atoms with E-state index in [1.165, 1.54) is 0 Å². The van der Waals surface area contributed by atoms with E-state index in [0.29, 0.717) is 0 Å². The van der Waals surface area contributed by atoms with E-state index in [4.69, 9.17) is 28.4 Å². The summed E-state index contributed by atoms with van der Waals surface area (Å²) >= 11 is 0. The number of esters is 4. The lowest BCUT2D eigenvalue weighted by molar-refractivity contribution is -0.257. The Morgan fingerprint density at radius 1 is 0.714 bits per heavy atom. The van der Waals surface area contributed by atoms with Crippen molar-refractivity contribution in [1.29, 1.82) is 0 Å². The third-order valence-electron chi connectivity index (χ3n) is 7.62. The fourth-order valence-corrected chi connectivity index (χ4v) is 5.73. The lowest BCUT2D eigenvalue weighted by atomic mass is 9.97. The Balaban J connectivity index is 1.46. The lowest BCUT2D eigenvalue weighted by Crippen LogP contribution is -2.66. The summed E-state index contributed by atoms with van der Waals surface area (Å²) in [5.74, 6) is -6.22. The van der Waals surface area contributed by atoms with Crippen molar-refractivity contribution in [3.63, 3.8) is 0 Å². The number of rotatable bonds is 12. The Morgan fingerprint density at radius 3 is 1.78 bits per heavy atom. The van der Waals surface area contributed by atoms with Gasteiger partial charge in [0.2, 0.25) is 5.91 Å². The molecule has 262 valence electrons. The molecule has 0 radical (unpaired) electrons. The molecule has 2 amide bonds. The topological polar surface area (TPSA) is 219 Å². The minimum absolute atomic E-state index is 0.108. The first kappa shape index (κ1) is 36.3. The van der Waals surface area contributed by atoms with Crippen LogP contribution in [0.15, 0.2) is 48.5 Å². The average Bonchev–Trinajstić information content (AvgIpc) is 3.34. The molecular weight excluding hydrogens is 648 g/mol. The maximum Gasteiger partial charge on any atom is 0.407 e. The zero-order valence-corrected chi connectivity index (χ0v) is 27.0. The first-order valence-corrected chi connectivity index (χ1v) is 15.2. The van der Waals surface area contributed by atoms with Crippen molar-refractivity contribution in [2.75, 3.05) is 13.2 Å². The number of benzene rings is 2. The standard InChI is InChI=1S/C33H36N2O14/c1-16(36)44-15-26-28(46-17(2)37)29(47-18(3)38)30(48-19(4)39)31(49-26)35-27(40)13-25(32(41)42)34-33(43)45-14-24-22-11-7-5-9-20(22)21-10-6-8-12-23(21)24/h5-12,24-26,28-31H,13-15H2,1-4H3,(H,34,43)(H,35,40)(H,41,42)/t25-,26-,28-,29+,30-,31-/m1/s1. The normalized spacial score (nSPS) is 21.5. The summed E-state index contributed by atoms with van der Waals surface area (Å²) in [7, 11) is 0. The Bertz CT molecular complexity index is 1560. The highest BCUT2D eigenvalue weighted by atomic mass is 16.7. The number of carboxylic acid groups (broad SMARTS) is 1. The summed E-state index contributed by atoms with van der Waals surface area (Å²) in [5, 5.41) is 14.3. The Morgan fingerprint density at radius 2 is 1.24 bits per heavy atom. The molecule has 2 aromatic rings. The summed E-state index contributed by atoms with van der Waals surface area (Å²) in [4.78, 5) is 85.5. The van der Waals surface area contributed by atoms with Crippen LogP contribution < -0.4 is 10.6 Å². The number of ether oxygens (including phenoxy) is 6. The molecule has 0 spiro atoms. The molecule has 2 aromatic carbocycles. The van der Waals surface area contributed by atoms with Crippen LogP contribution in [0.4, 0.5) is 4.79 Å². The molecule has 0 unspecified atom stereocenters. The molecule has 6 atom stereocenters. The lowest BCUT2D eigenvalue weighted by Gasteiger charge is -2.44. The Labute approximate surface area is 280 Å². The molecule has 1 heterocycles. The second kappa shape index (κ2) is 16.1. The van der Waals surface area contributed by atoms with Crippen molar-refractivity contribution in [3.05, 3.63) is 59.7 Å². The summed E-state index contributed by atoms with van der Waals surface area (Å²) in [6.45, 7) is 3.57. The minimum atomic E-state index is -1.78. The van der Waals surface area contributed by atoms with Gasteiger partial charge in [0.05, 0.1) is 6.42 Å². The number of carbonyl (C=O) groups excluding carboxylic acids is 6. The van der Waals surface area contributed by atoms with E-state index < -0.39 is 91.6 Å². The van der Waals surface area contributed by atoms with Crippen molar-refractivity contribution in [1.82, 2.24) is 10.6 Å². The van der Waals surface area contributed by atoms with Crippen molar-refractivity contribution in [3.8, 4) is 11.1 Å². The highest BCUT2D eigenvalue weighted by molar-refractivity contribution is 5.87. The summed E-state index contributed by atoms with van der Waals surface area (Å²) in [6.07, 6.45) is -9.53. The second-order valence-electron chi connectivity index (χ2n) is 11.3. The number of fused-ring (bicyclic) bond motifs is 3. The molecule has 1 aliphatic heterocycles. The van der Waals surface area contributed by atoms with E-state index in [-0.39, 0.29) is 12.5 Å². The van der Waals surface area contributed by atoms with Crippen LogP contribution in [0.1, 0.15) is 51.2 Å². The number of aliphatic carboxylic acids is 1. The molecule has 1 saturated heterocycles. The van der Waals surface area contributed by atoms with Gasteiger partial charge >= 0.3 is 35.9 Å². The first-order valence-electron chi connectivity index (χ1n) is 15.2. The van der Waals surface area contributed by atoms with Crippen LogP contribution in [0.25, 0.3) is 11.1 Å². The molecule has 16 nitrogen and oxygen atoms in total. The number of hydrogen-bond acceptors (Lipinski definition) is 13. The van der Waals surface area contributed by atoms with E-state index >= 15 is 0 Å². The van der Waals surface area contributed by atoms with Crippen molar-refractivity contribution in [2.24, 2.45) is 0 Å². The number of amides is 2. The van der Waals surface area contributed by atoms with Gasteiger partial charge in [0.25, 0.3) is 0 Å². The van der Waals surface area contributed by atoms with Gasteiger partial charge in [-0.05, 0) is 22.3 Å². The van der Waals surface area contributed by atoms with Crippen LogP contribution >= 0.6 is 0 Å². The number of carbonyl (C=O) groups is 7. The van der Waals surface area contributed by atoms with Crippen LogP contribution in [-0.2, 0) is 57.2 Å². The van der Waals surface area contributed by atoms with E-state index in [1.807, 2.05) is 48.5 Å². The SMILES string of the molecule is CC(=O)OC[C@H]1O[C@@H](NC(=O)C[C@@H](NC(=O)OCC2c3ccccc3-c3ccccc32)C(=O)O)[C@H](OC(C)=O)[C@@H](OC(C)=O)[C@@H]1OC(C)=O. The number of carboxylic acids is 1. The molecular formula is C33H36N2O14. The van der Waals surface area contributed by atoms with Gasteiger partial charge in [-0.25, -0.2) is 9.59 Å². The smallest absolute Gasteiger partial charge is 0.407 e. The van der Waals surface area contributed by atoms with Crippen LogP contribution in [0.3, 0.4) is 0 Å². The molecule has 3 N–H and O–H groups in total. The number of alkyl carbamates (subject to hydrolysis) is 1. The van der Waals surface area contributed by atoms with E-state index in [9.17, 15) is 38.7 Å². The molecule has 0 saturated carbocycles. The van der Waals surface area contributed by atoms with E-state index in [1.54, 1.807) is 0 Å². The first-order chi connectivity index (χ1) is 23.2. The molecule has 49 heavy (non-hydrogen) atoms. The number of hydrogen-bond donors (Lipinski definition) is 3. The van der Waals surface area contributed by atoms with Crippen molar-refractivity contribution < 1.29 is 67.1 Å². The summed E-state index contributed by atoms with van der Waals surface area (Å²) in [6, 6.07) is 13.5. The number of nitrogens with one attached hydrogen (secondary N) is 2. The van der Waals surface area contributed by atoms with Gasteiger partial charge in [0.15, 0.2) is 24.5 Å². The van der Waals surface area contributed by atoms with Gasteiger partial charge in [0.1, 0.15) is 25.4 Å². The Hall–Kier alpha value is -5.51. The van der Waals surface area contributed by atoms with Gasteiger partial charge in [-0.2, -0.15) is 0 Å². The van der Waals surface area contributed by atoms with Crippen LogP contribution in [0.5, 0.6) is 0 Å². The highest BCUT2D eigenvalue weighted by Crippen LogP contribution is 2.44. The zero-order valence-electron chi connectivity index (χ0n) is 27.0. The molecule has 16 heteroatoms. The third kappa shape index (κ3) is 9.31. The highest BCUT2D eigenvalue weighted by Gasteiger charge is 2.52. The molecule has 2 aliphatic rings. The quantitative estimate of drug-likeness (QED) is 0.214. The van der Waals surface area contributed by atoms with Gasteiger partial charge in [0, 0.05) is 33.6 Å². The van der Waals surface area contributed by atoms with E-state index in [2.05, 4.69) is 10.6 Å². The predicted molar refractivity (Wildman–Crippen MR) is 164 cm³/mol. The second-order valence-corrected chi connectivity index (χ2v) is 11.3. The molecule has 0 bridgehead atoms. The van der Waals surface area contributed by atoms with E-state index in [0.717, 1.165) is 49.9 Å². The van der Waals surface area contributed by atoms with Gasteiger partial charge in [-0.15, -0.1) is 0 Å². The van der Waals surface area contributed by atoms with Crippen LogP contribution in [-0.4, -0.2) is 96.9 Å². The monoisotopic (exact) mass is 684 g/mol. The fraction of sp³-hybridized carbons (Fsp3) is 0.424. The summed E-state index contributed by atoms with van der Waals surface area (Å²) < 4.78 is 32.1. The maximum absolute atomic E-state index is 13.2. The largest absolute Gasteiger partial charge is 0.480 e. The zero-order chi connectivity index (χ0) is 35.8. The average molecular weight is 685 g/mol. The van der Waals surface area contributed by atoms with Gasteiger partial charge < -0.3 is 44.2 Å². The summed E-state index contributed by atoms with van der Waals surface area (Å²) in [5.41, 5.74) is 3.87. The van der Waals surface area contributed by atoms with Crippen molar-refractivity contribution in [2.45, 2.75) is 76.7 Å². The van der Waals surface area contributed by atoms with Gasteiger partial charge in [-0.3, -0.25) is 24.0 Å². The minimum Gasteiger partial charge on any atom is -0.480 e. The maximum atomic E-state index is 13.2. The van der Waals surface area contributed by atoms with Crippen LogP contribution in [0.2, 0.25) is 0 Å². The van der Waals surface area contributed by atoms with Crippen molar-refractivity contribution >= 4 is 41.8 Å². The van der Waals surface area contributed by atoms with Crippen LogP contribution in [0, 0.1) is 0 Å². The Kier molecular flexibility index (Phi) is 11.9. The third-order valence-corrected chi connectivity index (χ3v) is 7.62. The molecule has 4 rings (SSSR count). The fourth-order valence-electron chi connectivity index (χ4n) is 5.73.